The summed E-state index contributed by atoms with van der Waals surface area (Å²) in [4.78, 5) is 0. The van der Waals surface area contributed by atoms with Crippen LogP contribution >= 0.6 is 22.6 Å². The van der Waals surface area contributed by atoms with E-state index in [9.17, 15) is 0 Å². The second-order valence-corrected chi connectivity index (χ2v) is 5.72. The van der Waals surface area contributed by atoms with Crippen LogP contribution in [0.5, 0.6) is 0 Å². The molecule has 0 fully saturated rings. The van der Waals surface area contributed by atoms with Crippen molar-refractivity contribution >= 4 is 22.6 Å². The summed E-state index contributed by atoms with van der Waals surface area (Å²) >= 11 is 2.46. The molecular weight excluding hydrogens is 323 g/mol. The van der Waals surface area contributed by atoms with Crippen molar-refractivity contribution in [2.75, 3.05) is 11.0 Å². The van der Waals surface area contributed by atoms with Crippen molar-refractivity contribution in [3.05, 3.63) is 12.2 Å². The molecule has 102 valence electrons. The van der Waals surface area contributed by atoms with Crippen LogP contribution in [0.15, 0.2) is 12.2 Å². The lowest BCUT2D eigenvalue weighted by atomic mass is 10.1. The van der Waals surface area contributed by atoms with E-state index in [1.54, 1.807) is 0 Å². The van der Waals surface area contributed by atoms with Gasteiger partial charge in [-0.25, -0.2) is 0 Å². The van der Waals surface area contributed by atoms with Crippen molar-refractivity contribution in [3.8, 4) is 0 Å². The highest BCUT2D eigenvalue weighted by molar-refractivity contribution is 14.1. The average molecular weight is 352 g/mol. The molecule has 1 nitrogen and oxygen atoms in total. The molecule has 0 saturated heterocycles. The first-order chi connectivity index (χ1) is 8.41. The molecule has 0 rings (SSSR count). The standard InChI is InChI=1S/C15H29IO/c16-14-12-10-8-6-4-2-1-3-5-7-9-11-13-15-17/h9,11,17H,1-8,10,12-15H2/b11-9-. The molecule has 1 N–H and O–H groups in total. The molecule has 0 aromatic carbocycles. The van der Waals surface area contributed by atoms with E-state index in [1.165, 1.54) is 68.6 Å². The average Bonchev–Trinajstić information content (AvgIpc) is 2.35. The summed E-state index contributed by atoms with van der Waals surface area (Å²) in [5, 5.41) is 8.59. The molecule has 0 spiro atoms. The Morgan fingerprint density at radius 3 is 1.65 bits per heavy atom. The number of aliphatic hydroxyl groups excluding tert-OH is 1. The van der Waals surface area contributed by atoms with Crippen molar-refractivity contribution in [1.29, 1.82) is 0 Å². The quantitative estimate of drug-likeness (QED) is 0.207. The maximum atomic E-state index is 8.59. The molecule has 0 aliphatic rings. The van der Waals surface area contributed by atoms with E-state index in [4.69, 9.17) is 5.11 Å². The summed E-state index contributed by atoms with van der Waals surface area (Å²) < 4.78 is 1.32. The van der Waals surface area contributed by atoms with Crippen LogP contribution in [-0.2, 0) is 0 Å². The number of rotatable bonds is 13. The molecule has 0 saturated carbocycles. The zero-order chi connectivity index (χ0) is 12.6. The second-order valence-electron chi connectivity index (χ2n) is 4.64. The Balaban J connectivity index is 2.94. The fourth-order valence-corrected chi connectivity index (χ4v) is 2.44. The minimum Gasteiger partial charge on any atom is -0.396 e. The topological polar surface area (TPSA) is 20.2 Å². The lowest BCUT2D eigenvalue weighted by molar-refractivity contribution is 0.302. The number of halogens is 1. The van der Waals surface area contributed by atoms with Crippen LogP contribution in [-0.4, -0.2) is 16.1 Å². The third-order valence-electron chi connectivity index (χ3n) is 2.97. The molecule has 0 aliphatic heterocycles. The monoisotopic (exact) mass is 352 g/mol. The van der Waals surface area contributed by atoms with Gasteiger partial charge in [-0.05, 0) is 30.1 Å². The molecule has 0 amide bonds. The maximum absolute atomic E-state index is 8.59. The summed E-state index contributed by atoms with van der Waals surface area (Å²) in [5.41, 5.74) is 0. The molecule has 0 bridgehead atoms. The lowest BCUT2D eigenvalue weighted by Gasteiger charge is -2.01. The minimum atomic E-state index is 0.286. The summed E-state index contributed by atoms with van der Waals surface area (Å²) in [6.07, 6.45) is 19.0. The van der Waals surface area contributed by atoms with Crippen LogP contribution in [0.3, 0.4) is 0 Å². The van der Waals surface area contributed by atoms with E-state index in [1.807, 2.05) is 0 Å². The van der Waals surface area contributed by atoms with Crippen molar-refractivity contribution in [1.82, 2.24) is 0 Å². The highest BCUT2D eigenvalue weighted by Gasteiger charge is 1.91. The Morgan fingerprint density at radius 1 is 0.647 bits per heavy atom. The van der Waals surface area contributed by atoms with Gasteiger partial charge in [0.1, 0.15) is 0 Å². The Hall–Kier alpha value is 0.430. The molecule has 0 atom stereocenters. The van der Waals surface area contributed by atoms with Gasteiger partial charge in [0.05, 0.1) is 0 Å². The van der Waals surface area contributed by atoms with Crippen LogP contribution in [0.25, 0.3) is 0 Å². The van der Waals surface area contributed by atoms with Gasteiger partial charge in [-0.1, -0.05) is 79.7 Å². The zero-order valence-electron chi connectivity index (χ0n) is 11.2. The molecule has 0 aliphatic carbocycles. The van der Waals surface area contributed by atoms with E-state index >= 15 is 0 Å². The maximum Gasteiger partial charge on any atom is 0.0465 e. The van der Waals surface area contributed by atoms with Gasteiger partial charge in [0.2, 0.25) is 0 Å². The predicted octanol–water partition coefficient (Wildman–Crippen LogP) is 5.26. The number of unbranched alkanes of at least 4 members (excludes halogenated alkanes) is 9. The summed E-state index contributed by atoms with van der Waals surface area (Å²) in [6.45, 7) is 0.286. The van der Waals surface area contributed by atoms with Gasteiger partial charge in [-0.2, -0.15) is 0 Å². The fourth-order valence-electron chi connectivity index (χ4n) is 1.90. The number of hydrogen-bond donors (Lipinski definition) is 1. The number of alkyl halides is 1. The molecule has 0 unspecified atom stereocenters. The van der Waals surface area contributed by atoms with Crippen LogP contribution in [0.1, 0.15) is 70.6 Å². The van der Waals surface area contributed by atoms with E-state index < -0.39 is 0 Å². The fraction of sp³-hybridized carbons (Fsp3) is 0.867. The molecule has 0 radical (unpaired) electrons. The normalized spacial score (nSPS) is 11.4. The Morgan fingerprint density at radius 2 is 1.12 bits per heavy atom. The van der Waals surface area contributed by atoms with Crippen LogP contribution in [0.4, 0.5) is 0 Å². The van der Waals surface area contributed by atoms with Crippen molar-refractivity contribution in [2.45, 2.75) is 70.6 Å². The van der Waals surface area contributed by atoms with Crippen molar-refractivity contribution < 1.29 is 5.11 Å². The predicted molar refractivity (Wildman–Crippen MR) is 85.9 cm³/mol. The molecule has 2 heteroatoms. The third kappa shape index (κ3) is 16.4. The number of allylic oxidation sites excluding steroid dienone is 1. The highest BCUT2D eigenvalue weighted by Crippen LogP contribution is 2.11. The van der Waals surface area contributed by atoms with E-state index in [0.29, 0.717) is 0 Å². The van der Waals surface area contributed by atoms with Gasteiger partial charge in [0, 0.05) is 6.61 Å². The molecule has 0 heterocycles. The minimum absolute atomic E-state index is 0.286. The van der Waals surface area contributed by atoms with Gasteiger partial charge in [-0.15, -0.1) is 0 Å². The van der Waals surface area contributed by atoms with Gasteiger partial charge in [0.25, 0.3) is 0 Å². The van der Waals surface area contributed by atoms with Crippen LogP contribution in [0, 0.1) is 0 Å². The largest absolute Gasteiger partial charge is 0.396 e. The Kier molecular flexibility index (Phi) is 16.8. The van der Waals surface area contributed by atoms with Crippen LogP contribution < -0.4 is 0 Å². The van der Waals surface area contributed by atoms with Gasteiger partial charge >= 0.3 is 0 Å². The first-order valence-electron chi connectivity index (χ1n) is 7.23. The lowest BCUT2D eigenvalue weighted by Crippen LogP contribution is -1.82. The highest BCUT2D eigenvalue weighted by atomic mass is 127. The summed E-state index contributed by atoms with van der Waals surface area (Å²) in [6, 6.07) is 0. The molecule has 17 heavy (non-hydrogen) atoms. The Labute approximate surface area is 121 Å². The van der Waals surface area contributed by atoms with E-state index in [0.717, 1.165) is 6.42 Å². The van der Waals surface area contributed by atoms with Crippen LogP contribution in [0.2, 0.25) is 0 Å². The molecular formula is C15H29IO. The zero-order valence-corrected chi connectivity index (χ0v) is 13.3. The second kappa shape index (κ2) is 16.4. The van der Waals surface area contributed by atoms with E-state index in [2.05, 4.69) is 34.7 Å². The summed E-state index contributed by atoms with van der Waals surface area (Å²) in [5.74, 6) is 0. The van der Waals surface area contributed by atoms with Crippen molar-refractivity contribution in [2.24, 2.45) is 0 Å². The Bertz CT molecular complexity index is 157. The SMILES string of the molecule is OCC/C=C\CCCCCCCCCCCI. The van der Waals surface area contributed by atoms with E-state index in [-0.39, 0.29) is 6.61 Å². The third-order valence-corrected chi connectivity index (χ3v) is 3.73. The molecule has 0 aromatic heterocycles. The van der Waals surface area contributed by atoms with Crippen molar-refractivity contribution in [3.63, 3.8) is 0 Å². The number of hydrogen-bond acceptors (Lipinski definition) is 1. The van der Waals surface area contributed by atoms with Gasteiger partial charge in [0.15, 0.2) is 0 Å². The van der Waals surface area contributed by atoms with Gasteiger partial charge in [-0.3, -0.25) is 0 Å². The first-order valence-corrected chi connectivity index (χ1v) is 8.76. The first kappa shape index (κ1) is 17.4. The van der Waals surface area contributed by atoms with Gasteiger partial charge < -0.3 is 5.11 Å². The smallest absolute Gasteiger partial charge is 0.0465 e. The molecule has 0 aromatic rings. The number of aliphatic hydroxyl groups is 1. The summed E-state index contributed by atoms with van der Waals surface area (Å²) in [7, 11) is 0.